The van der Waals surface area contributed by atoms with Gasteiger partial charge < -0.3 is 20.5 Å². The number of pyridine rings is 1. The number of hydrogen-bond donors (Lipinski definition) is 2. The lowest BCUT2D eigenvalue weighted by Gasteiger charge is -2.52. The molecule has 0 aliphatic carbocycles. The molecule has 6 heteroatoms. The number of anilines is 1. The Balaban J connectivity index is 1.35. The van der Waals surface area contributed by atoms with E-state index in [1.54, 1.807) is 6.20 Å². The summed E-state index contributed by atoms with van der Waals surface area (Å²) in [6.07, 6.45) is 7.72. The summed E-state index contributed by atoms with van der Waals surface area (Å²) < 4.78 is 5.53. The quantitative estimate of drug-likeness (QED) is 0.836. The van der Waals surface area contributed by atoms with Gasteiger partial charge in [0.2, 0.25) is 0 Å². The van der Waals surface area contributed by atoms with E-state index in [2.05, 4.69) is 20.9 Å². The van der Waals surface area contributed by atoms with Crippen molar-refractivity contribution in [3.63, 3.8) is 0 Å². The minimum Gasteiger partial charge on any atom is -0.396 e. The van der Waals surface area contributed by atoms with Crippen LogP contribution in [0.25, 0.3) is 0 Å². The number of likely N-dealkylation sites (tertiary alicyclic amines) is 2. The zero-order chi connectivity index (χ0) is 18.7. The molecule has 1 spiro atoms. The van der Waals surface area contributed by atoms with Crippen molar-refractivity contribution in [1.29, 1.82) is 0 Å². The van der Waals surface area contributed by atoms with Crippen molar-refractivity contribution in [2.24, 2.45) is 11.3 Å². The average molecular weight is 375 g/mol. The van der Waals surface area contributed by atoms with Crippen LogP contribution in [-0.4, -0.2) is 71.9 Å². The largest absolute Gasteiger partial charge is 0.396 e. The molecule has 27 heavy (non-hydrogen) atoms. The van der Waals surface area contributed by atoms with Crippen LogP contribution in [0.2, 0.25) is 0 Å². The van der Waals surface area contributed by atoms with Gasteiger partial charge in [-0.2, -0.15) is 0 Å². The first-order valence-electron chi connectivity index (χ1n) is 10.5. The fourth-order valence-corrected chi connectivity index (χ4v) is 5.44. The summed E-state index contributed by atoms with van der Waals surface area (Å²) in [6, 6.07) is 4.72. The minimum atomic E-state index is 0.288. The number of nitrogen functional groups attached to an aromatic ring is 1. The summed E-state index contributed by atoms with van der Waals surface area (Å²) in [7, 11) is 0. The first-order valence-corrected chi connectivity index (χ1v) is 10.5. The lowest BCUT2D eigenvalue weighted by molar-refractivity contribution is -0.0600. The third-order valence-electron chi connectivity index (χ3n) is 7.31. The minimum absolute atomic E-state index is 0.288. The van der Waals surface area contributed by atoms with Gasteiger partial charge in [0.25, 0.3) is 0 Å². The highest BCUT2D eigenvalue weighted by atomic mass is 16.5. The molecule has 3 saturated heterocycles. The molecule has 0 bridgehead atoms. The van der Waals surface area contributed by atoms with Gasteiger partial charge in [-0.1, -0.05) is 6.07 Å². The van der Waals surface area contributed by atoms with Gasteiger partial charge in [0.15, 0.2) is 0 Å². The average Bonchev–Trinajstić information content (AvgIpc) is 2.72. The molecule has 3 aliphatic heterocycles. The Morgan fingerprint density at radius 3 is 2.63 bits per heavy atom. The van der Waals surface area contributed by atoms with Crippen molar-refractivity contribution in [3.05, 3.63) is 23.9 Å². The Labute approximate surface area is 162 Å². The summed E-state index contributed by atoms with van der Waals surface area (Å²) in [5.41, 5.74) is 7.44. The van der Waals surface area contributed by atoms with E-state index in [1.807, 2.05) is 6.07 Å². The molecule has 0 amide bonds. The van der Waals surface area contributed by atoms with Gasteiger partial charge >= 0.3 is 0 Å². The monoisotopic (exact) mass is 374 g/mol. The number of ether oxygens (including phenoxy) is 1. The number of aliphatic hydroxyl groups excluding tert-OH is 1. The van der Waals surface area contributed by atoms with Crippen LogP contribution in [0.15, 0.2) is 18.3 Å². The van der Waals surface area contributed by atoms with Crippen molar-refractivity contribution < 1.29 is 9.84 Å². The normalized spacial score (nSPS) is 27.8. The van der Waals surface area contributed by atoms with Crippen molar-refractivity contribution >= 4 is 5.82 Å². The Morgan fingerprint density at radius 1 is 1.19 bits per heavy atom. The third-order valence-corrected chi connectivity index (χ3v) is 7.31. The van der Waals surface area contributed by atoms with Crippen LogP contribution in [0.1, 0.15) is 37.7 Å². The predicted molar refractivity (Wildman–Crippen MR) is 106 cm³/mol. The van der Waals surface area contributed by atoms with Gasteiger partial charge in [0.05, 0.1) is 0 Å². The fourth-order valence-electron chi connectivity index (χ4n) is 5.44. The molecule has 150 valence electrons. The van der Waals surface area contributed by atoms with Gasteiger partial charge in [0, 0.05) is 56.6 Å². The van der Waals surface area contributed by atoms with Crippen LogP contribution >= 0.6 is 0 Å². The van der Waals surface area contributed by atoms with E-state index < -0.39 is 0 Å². The van der Waals surface area contributed by atoms with Crippen molar-refractivity contribution in [2.75, 3.05) is 51.7 Å². The second-order valence-corrected chi connectivity index (χ2v) is 8.65. The van der Waals surface area contributed by atoms with Crippen molar-refractivity contribution in [1.82, 2.24) is 14.8 Å². The summed E-state index contributed by atoms with van der Waals surface area (Å²) >= 11 is 0. The molecule has 1 aromatic heterocycles. The van der Waals surface area contributed by atoms with Crippen LogP contribution in [0.4, 0.5) is 5.82 Å². The zero-order valence-electron chi connectivity index (χ0n) is 16.4. The van der Waals surface area contributed by atoms with E-state index >= 15 is 0 Å². The SMILES string of the molecule is Nc1ncccc1CN1CCC2(CCN(C3CCOCC3)CC2)[C@H](CO)C1. The van der Waals surface area contributed by atoms with Gasteiger partial charge in [0.1, 0.15) is 5.82 Å². The molecule has 4 rings (SSSR count). The van der Waals surface area contributed by atoms with Gasteiger partial charge in [-0.3, -0.25) is 4.90 Å². The van der Waals surface area contributed by atoms with Crippen LogP contribution in [0.5, 0.6) is 0 Å². The van der Waals surface area contributed by atoms with Crippen LogP contribution in [-0.2, 0) is 11.3 Å². The van der Waals surface area contributed by atoms with Gasteiger partial charge in [-0.25, -0.2) is 4.98 Å². The standard InChI is InChI=1S/C21H34N4O2/c22-20-17(2-1-8-23-20)14-24-9-5-21(18(15-24)16-26)6-10-25(11-7-21)19-3-12-27-13-4-19/h1-2,8,18-19,26H,3-7,9-16H2,(H2,22,23)/t18-/m0/s1. The zero-order valence-corrected chi connectivity index (χ0v) is 16.4. The Bertz CT molecular complexity index is 612. The van der Waals surface area contributed by atoms with E-state index in [0.717, 1.165) is 38.4 Å². The number of hydrogen-bond acceptors (Lipinski definition) is 6. The van der Waals surface area contributed by atoms with Crippen LogP contribution < -0.4 is 5.73 Å². The molecular weight excluding hydrogens is 340 g/mol. The smallest absolute Gasteiger partial charge is 0.127 e. The molecule has 4 heterocycles. The number of aliphatic hydroxyl groups is 1. The van der Waals surface area contributed by atoms with E-state index in [9.17, 15) is 5.11 Å². The second-order valence-electron chi connectivity index (χ2n) is 8.65. The highest BCUT2D eigenvalue weighted by molar-refractivity contribution is 5.38. The second kappa shape index (κ2) is 8.43. The first-order chi connectivity index (χ1) is 13.2. The Morgan fingerprint density at radius 2 is 1.93 bits per heavy atom. The molecule has 1 aromatic rings. The van der Waals surface area contributed by atoms with E-state index in [-0.39, 0.29) is 6.61 Å². The van der Waals surface area contributed by atoms with Crippen molar-refractivity contribution in [3.8, 4) is 0 Å². The lowest BCUT2D eigenvalue weighted by Crippen LogP contribution is -2.55. The van der Waals surface area contributed by atoms with E-state index in [0.29, 0.717) is 23.2 Å². The molecule has 1 atom stereocenters. The first kappa shape index (κ1) is 19.1. The fraction of sp³-hybridized carbons (Fsp3) is 0.762. The van der Waals surface area contributed by atoms with Crippen LogP contribution in [0, 0.1) is 11.3 Å². The van der Waals surface area contributed by atoms with Gasteiger partial charge in [-0.05, 0) is 63.2 Å². The molecule has 3 fully saturated rings. The third kappa shape index (κ3) is 4.14. The predicted octanol–water partition coefficient (Wildman–Crippen LogP) is 1.74. The number of rotatable bonds is 4. The van der Waals surface area contributed by atoms with E-state index in [4.69, 9.17) is 10.5 Å². The molecule has 0 aromatic carbocycles. The Hall–Kier alpha value is -1.21. The number of piperidine rings is 2. The summed E-state index contributed by atoms with van der Waals surface area (Å²) in [4.78, 5) is 9.34. The number of aromatic nitrogens is 1. The maximum Gasteiger partial charge on any atom is 0.127 e. The van der Waals surface area contributed by atoms with Gasteiger partial charge in [-0.15, -0.1) is 0 Å². The molecule has 0 radical (unpaired) electrons. The number of nitrogens with zero attached hydrogens (tertiary/aromatic N) is 3. The van der Waals surface area contributed by atoms with Crippen LogP contribution in [0.3, 0.4) is 0 Å². The highest BCUT2D eigenvalue weighted by Gasteiger charge is 2.45. The molecule has 0 saturated carbocycles. The Kier molecular flexibility index (Phi) is 5.97. The van der Waals surface area contributed by atoms with E-state index in [1.165, 1.54) is 45.2 Å². The molecule has 0 unspecified atom stereocenters. The molecule has 3 N–H and O–H groups in total. The summed E-state index contributed by atoms with van der Waals surface area (Å²) in [5, 5.41) is 10.2. The summed E-state index contributed by atoms with van der Waals surface area (Å²) in [6.45, 7) is 7.35. The molecule has 3 aliphatic rings. The summed E-state index contributed by atoms with van der Waals surface area (Å²) in [5.74, 6) is 0.990. The molecular formula is C21H34N4O2. The van der Waals surface area contributed by atoms with Crippen molar-refractivity contribution in [2.45, 2.75) is 44.7 Å². The number of nitrogens with two attached hydrogens (primary N) is 1. The molecule has 6 nitrogen and oxygen atoms in total. The maximum atomic E-state index is 10.2. The highest BCUT2D eigenvalue weighted by Crippen LogP contribution is 2.46. The topological polar surface area (TPSA) is 74.9 Å². The lowest BCUT2D eigenvalue weighted by atomic mass is 9.64. The maximum absolute atomic E-state index is 10.2.